The maximum absolute atomic E-state index is 11.4. The summed E-state index contributed by atoms with van der Waals surface area (Å²) in [5.41, 5.74) is 2.45. The van der Waals surface area contributed by atoms with Crippen molar-refractivity contribution in [3.05, 3.63) is 30.5 Å². The Hall–Kier alpha value is -2.18. The lowest BCUT2D eigenvalue weighted by Gasteiger charge is -1.99. The zero-order valence-corrected chi connectivity index (χ0v) is 7.34. The van der Waals surface area contributed by atoms with Crippen LogP contribution in [-0.2, 0) is 0 Å². The standard InChI is InChI=1S/C7H7N5O2/c1-5-2-8-7(14-5)6(13)11-12-3-9-10-4-12/h2-4H,1H3,(H,11,13). The molecule has 2 aromatic heterocycles. The van der Waals surface area contributed by atoms with Crippen LogP contribution in [0.3, 0.4) is 0 Å². The molecule has 7 nitrogen and oxygen atoms in total. The molecule has 0 unspecified atom stereocenters. The monoisotopic (exact) mass is 193 g/mol. The Kier molecular flexibility index (Phi) is 1.98. The Balaban J connectivity index is 2.10. The van der Waals surface area contributed by atoms with E-state index in [1.54, 1.807) is 6.92 Å². The first-order chi connectivity index (χ1) is 6.75. The Morgan fingerprint density at radius 3 is 2.79 bits per heavy atom. The summed E-state index contributed by atoms with van der Waals surface area (Å²) in [5, 5.41) is 7.04. The summed E-state index contributed by atoms with van der Waals surface area (Å²) < 4.78 is 6.32. The van der Waals surface area contributed by atoms with E-state index in [1.807, 2.05) is 0 Å². The van der Waals surface area contributed by atoms with Gasteiger partial charge in [-0.25, -0.2) is 9.66 Å². The number of aryl methyl sites for hydroxylation is 1. The normalized spacial score (nSPS) is 10.1. The molecule has 0 saturated heterocycles. The highest BCUT2D eigenvalue weighted by Gasteiger charge is 2.11. The fraction of sp³-hybridized carbons (Fsp3) is 0.143. The molecule has 14 heavy (non-hydrogen) atoms. The van der Waals surface area contributed by atoms with Gasteiger partial charge in [-0.2, -0.15) is 0 Å². The van der Waals surface area contributed by atoms with E-state index in [4.69, 9.17) is 4.42 Å². The molecule has 0 atom stereocenters. The minimum absolute atomic E-state index is 0.0104. The maximum atomic E-state index is 11.4. The van der Waals surface area contributed by atoms with E-state index in [0.29, 0.717) is 5.76 Å². The van der Waals surface area contributed by atoms with Crippen molar-refractivity contribution >= 4 is 5.91 Å². The van der Waals surface area contributed by atoms with Crippen LogP contribution in [0.25, 0.3) is 0 Å². The van der Waals surface area contributed by atoms with Gasteiger partial charge in [-0.3, -0.25) is 10.2 Å². The van der Waals surface area contributed by atoms with Gasteiger partial charge in [-0.05, 0) is 6.92 Å². The average Bonchev–Trinajstić information content (AvgIpc) is 2.75. The number of amides is 1. The lowest BCUT2D eigenvalue weighted by atomic mass is 10.6. The van der Waals surface area contributed by atoms with Crippen molar-refractivity contribution in [1.82, 2.24) is 19.9 Å². The summed E-state index contributed by atoms with van der Waals surface area (Å²) in [5.74, 6) is 0.146. The van der Waals surface area contributed by atoms with Crippen molar-refractivity contribution < 1.29 is 9.21 Å². The number of hydrogen-bond donors (Lipinski definition) is 1. The van der Waals surface area contributed by atoms with Gasteiger partial charge in [0.15, 0.2) is 0 Å². The summed E-state index contributed by atoms with van der Waals surface area (Å²) in [6.45, 7) is 1.71. The van der Waals surface area contributed by atoms with E-state index >= 15 is 0 Å². The number of carbonyl (C=O) groups is 1. The third-order valence-electron chi connectivity index (χ3n) is 1.46. The van der Waals surface area contributed by atoms with Crippen LogP contribution in [0.5, 0.6) is 0 Å². The van der Waals surface area contributed by atoms with Crippen molar-refractivity contribution in [2.45, 2.75) is 6.92 Å². The van der Waals surface area contributed by atoms with Gasteiger partial charge in [0.25, 0.3) is 5.89 Å². The lowest BCUT2D eigenvalue weighted by molar-refractivity contribution is 0.0973. The van der Waals surface area contributed by atoms with Crippen molar-refractivity contribution in [2.24, 2.45) is 0 Å². The van der Waals surface area contributed by atoms with E-state index in [1.165, 1.54) is 23.5 Å². The maximum Gasteiger partial charge on any atom is 0.325 e. The lowest BCUT2D eigenvalue weighted by Crippen LogP contribution is -2.21. The van der Waals surface area contributed by atoms with Crippen molar-refractivity contribution in [3.63, 3.8) is 0 Å². The molecule has 7 heteroatoms. The Labute approximate surface area is 78.7 Å². The van der Waals surface area contributed by atoms with Crippen LogP contribution in [0.2, 0.25) is 0 Å². The van der Waals surface area contributed by atoms with Crippen LogP contribution >= 0.6 is 0 Å². The molecule has 0 aliphatic carbocycles. The second-order valence-electron chi connectivity index (χ2n) is 2.59. The highest BCUT2D eigenvalue weighted by molar-refractivity contribution is 5.95. The van der Waals surface area contributed by atoms with Crippen LogP contribution in [0.1, 0.15) is 16.4 Å². The first-order valence-corrected chi connectivity index (χ1v) is 3.84. The molecule has 0 aliphatic rings. The largest absolute Gasteiger partial charge is 0.438 e. The topological polar surface area (TPSA) is 85.8 Å². The van der Waals surface area contributed by atoms with E-state index in [0.717, 1.165) is 0 Å². The van der Waals surface area contributed by atoms with E-state index in [2.05, 4.69) is 20.6 Å². The summed E-state index contributed by atoms with van der Waals surface area (Å²) in [6, 6.07) is 0. The van der Waals surface area contributed by atoms with Gasteiger partial charge in [0, 0.05) is 0 Å². The number of nitrogens with zero attached hydrogens (tertiary/aromatic N) is 4. The van der Waals surface area contributed by atoms with Crippen LogP contribution in [-0.4, -0.2) is 25.8 Å². The molecule has 0 fully saturated rings. The molecule has 0 aliphatic heterocycles. The molecule has 72 valence electrons. The molecule has 0 bridgehead atoms. The molecule has 2 aromatic rings. The summed E-state index contributed by atoms with van der Waals surface area (Å²) in [6.07, 6.45) is 4.18. The fourth-order valence-electron chi connectivity index (χ4n) is 0.883. The second kappa shape index (κ2) is 3.29. The van der Waals surface area contributed by atoms with Gasteiger partial charge in [-0.1, -0.05) is 0 Å². The first-order valence-electron chi connectivity index (χ1n) is 3.84. The highest BCUT2D eigenvalue weighted by atomic mass is 16.4. The number of nitrogens with one attached hydrogen (secondary N) is 1. The molecule has 1 amide bonds. The number of rotatable bonds is 2. The van der Waals surface area contributed by atoms with Crippen LogP contribution in [0, 0.1) is 6.92 Å². The molecule has 0 radical (unpaired) electrons. The summed E-state index contributed by atoms with van der Waals surface area (Å²) >= 11 is 0. The zero-order valence-electron chi connectivity index (χ0n) is 7.34. The van der Waals surface area contributed by atoms with Gasteiger partial charge in [0.2, 0.25) is 0 Å². The summed E-state index contributed by atoms with van der Waals surface area (Å²) in [4.78, 5) is 15.1. The quantitative estimate of drug-likeness (QED) is 0.723. The minimum Gasteiger partial charge on any atom is -0.438 e. The van der Waals surface area contributed by atoms with Crippen molar-refractivity contribution in [3.8, 4) is 0 Å². The van der Waals surface area contributed by atoms with Crippen LogP contribution in [0.4, 0.5) is 0 Å². The smallest absolute Gasteiger partial charge is 0.325 e. The minimum atomic E-state index is -0.446. The molecule has 0 aromatic carbocycles. The second-order valence-corrected chi connectivity index (χ2v) is 2.59. The Morgan fingerprint density at radius 2 is 2.21 bits per heavy atom. The molecule has 2 rings (SSSR count). The van der Waals surface area contributed by atoms with Gasteiger partial charge in [0.1, 0.15) is 18.4 Å². The Bertz CT molecular complexity index is 433. The van der Waals surface area contributed by atoms with Gasteiger partial charge >= 0.3 is 5.91 Å². The molecular formula is C7H7N5O2. The third-order valence-corrected chi connectivity index (χ3v) is 1.46. The predicted octanol–water partition coefficient (Wildman–Crippen LogP) is -0.0416. The third kappa shape index (κ3) is 1.60. The predicted molar refractivity (Wildman–Crippen MR) is 45.0 cm³/mol. The molecule has 0 spiro atoms. The van der Waals surface area contributed by atoms with Crippen LogP contribution in [0.15, 0.2) is 23.3 Å². The molecule has 2 heterocycles. The highest BCUT2D eigenvalue weighted by Crippen LogP contribution is 2.01. The number of hydrogen-bond acceptors (Lipinski definition) is 5. The van der Waals surface area contributed by atoms with Gasteiger partial charge < -0.3 is 4.42 Å². The zero-order chi connectivity index (χ0) is 9.97. The SMILES string of the molecule is Cc1cnc(C(=O)Nn2cnnc2)o1. The van der Waals surface area contributed by atoms with E-state index < -0.39 is 5.91 Å². The molecular weight excluding hydrogens is 186 g/mol. The summed E-state index contributed by atoms with van der Waals surface area (Å²) in [7, 11) is 0. The number of carbonyl (C=O) groups excluding carboxylic acids is 1. The van der Waals surface area contributed by atoms with Crippen molar-refractivity contribution in [1.29, 1.82) is 0 Å². The first kappa shape index (κ1) is 8.42. The number of aromatic nitrogens is 4. The average molecular weight is 193 g/mol. The van der Waals surface area contributed by atoms with Crippen LogP contribution < -0.4 is 5.43 Å². The van der Waals surface area contributed by atoms with Crippen molar-refractivity contribution in [2.75, 3.05) is 5.43 Å². The van der Waals surface area contributed by atoms with E-state index in [-0.39, 0.29) is 5.89 Å². The molecule has 0 saturated carbocycles. The number of oxazole rings is 1. The molecule has 1 N–H and O–H groups in total. The fourth-order valence-corrected chi connectivity index (χ4v) is 0.883. The van der Waals surface area contributed by atoms with Gasteiger partial charge in [-0.15, -0.1) is 10.2 Å². The van der Waals surface area contributed by atoms with Gasteiger partial charge in [0.05, 0.1) is 6.20 Å². The van der Waals surface area contributed by atoms with E-state index in [9.17, 15) is 4.79 Å². The Morgan fingerprint density at radius 1 is 1.50 bits per heavy atom.